The minimum Gasteiger partial charge on any atom is -0.289 e. The molecule has 0 N–H and O–H groups in total. The normalized spacial score (nSPS) is 11.5. The number of ketones is 1. The summed E-state index contributed by atoms with van der Waals surface area (Å²) < 4.78 is 51.5. The van der Waals surface area contributed by atoms with Crippen molar-refractivity contribution in [2.75, 3.05) is 0 Å². The van der Waals surface area contributed by atoms with Crippen LogP contribution in [0.15, 0.2) is 40.9 Å². The molecule has 2 rings (SSSR count). The lowest BCUT2D eigenvalue weighted by Crippen LogP contribution is -2.10. The predicted octanol–water partition coefficient (Wildman–Crippen LogP) is 5.15. The number of aryl methyl sites for hydroxylation is 1. The Morgan fingerprint density at radius 2 is 1.71 bits per heavy atom. The van der Waals surface area contributed by atoms with E-state index >= 15 is 0 Å². The van der Waals surface area contributed by atoms with Gasteiger partial charge < -0.3 is 0 Å². The average molecular weight is 361 g/mol. The first kappa shape index (κ1) is 15.7. The fraction of sp³-hybridized carbons (Fsp3) is 0.133. The molecule has 0 radical (unpaired) electrons. The van der Waals surface area contributed by atoms with Gasteiger partial charge in [-0.25, -0.2) is 4.39 Å². The van der Waals surface area contributed by atoms with Crippen LogP contribution in [0.5, 0.6) is 0 Å². The highest BCUT2D eigenvalue weighted by molar-refractivity contribution is 9.10. The number of carbonyl (C=O) groups is 1. The first-order valence-corrected chi connectivity index (χ1v) is 6.67. The zero-order valence-corrected chi connectivity index (χ0v) is 12.3. The molecule has 0 heterocycles. The van der Waals surface area contributed by atoms with E-state index in [1.165, 1.54) is 19.1 Å². The van der Waals surface area contributed by atoms with Gasteiger partial charge in [0.1, 0.15) is 5.82 Å². The molecule has 21 heavy (non-hydrogen) atoms. The van der Waals surface area contributed by atoms with Crippen molar-refractivity contribution in [1.29, 1.82) is 0 Å². The van der Waals surface area contributed by atoms with Gasteiger partial charge in [-0.1, -0.05) is 15.9 Å². The first-order chi connectivity index (χ1) is 9.70. The number of alkyl halides is 3. The molecule has 0 unspecified atom stereocenters. The van der Waals surface area contributed by atoms with Gasteiger partial charge in [0, 0.05) is 15.6 Å². The largest absolute Gasteiger partial charge is 0.416 e. The van der Waals surface area contributed by atoms with Crippen molar-refractivity contribution in [2.24, 2.45) is 0 Å². The Hall–Kier alpha value is -1.69. The van der Waals surface area contributed by atoms with Gasteiger partial charge in [0.15, 0.2) is 5.78 Å². The van der Waals surface area contributed by atoms with E-state index in [2.05, 4.69) is 15.9 Å². The third-order valence-electron chi connectivity index (χ3n) is 2.97. The quantitative estimate of drug-likeness (QED) is 0.534. The molecule has 0 amide bonds. The standard InChI is InChI=1S/C15H9BrF4O/c1-8-6-10(17)3-4-11(8)14(21)12-7-9(15(18,19)20)2-5-13(12)16/h2-7H,1H3. The maximum atomic E-state index is 13.0. The third kappa shape index (κ3) is 3.32. The van der Waals surface area contributed by atoms with E-state index in [0.29, 0.717) is 5.56 Å². The van der Waals surface area contributed by atoms with E-state index in [0.717, 1.165) is 24.3 Å². The van der Waals surface area contributed by atoms with E-state index in [1.54, 1.807) is 0 Å². The van der Waals surface area contributed by atoms with Gasteiger partial charge in [-0.05, 0) is 48.9 Å². The van der Waals surface area contributed by atoms with Crippen LogP contribution < -0.4 is 0 Å². The first-order valence-electron chi connectivity index (χ1n) is 5.88. The molecule has 110 valence electrons. The summed E-state index contributed by atoms with van der Waals surface area (Å²) in [5, 5.41) is 0. The number of benzene rings is 2. The lowest BCUT2D eigenvalue weighted by Gasteiger charge is -2.11. The van der Waals surface area contributed by atoms with Crippen LogP contribution in [-0.2, 0) is 6.18 Å². The van der Waals surface area contributed by atoms with Crippen LogP contribution >= 0.6 is 15.9 Å². The fourth-order valence-corrected chi connectivity index (χ4v) is 2.33. The highest BCUT2D eigenvalue weighted by Crippen LogP contribution is 2.33. The molecule has 0 aliphatic heterocycles. The van der Waals surface area contributed by atoms with Gasteiger partial charge in [-0.15, -0.1) is 0 Å². The van der Waals surface area contributed by atoms with Crippen LogP contribution in [0.25, 0.3) is 0 Å². The Labute approximate surface area is 126 Å². The maximum absolute atomic E-state index is 13.0. The lowest BCUT2D eigenvalue weighted by molar-refractivity contribution is -0.137. The van der Waals surface area contributed by atoms with Gasteiger partial charge >= 0.3 is 6.18 Å². The number of rotatable bonds is 2. The predicted molar refractivity (Wildman–Crippen MR) is 73.7 cm³/mol. The SMILES string of the molecule is Cc1cc(F)ccc1C(=O)c1cc(C(F)(F)F)ccc1Br. The highest BCUT2D eigenvalue weighted by Gasteiger charge is 2.31. The minimum absolute atomic E-state index is 0.112. The number of carbonyl (C=O) groups excluding carboxylic acids is 1. The second kappa shape index (κ2) is 5.60. The Bertz CT molecular complexity index is 707. The second-order valence-corrected chi connectivity index (χ2v) is 5.34. The number of hydrogen-bond donors (Lipinski definition) is 0. The van der Waals surface area contributed by atoms with Gasteiger partial charge in [0.2, 0.25) is 0 Å². The molecule has 6 heteroatoms. The molecule has 0 atom stereocenters. The Balaban J connectivity index is 2.53. The minimum atomic E-state index is -4.53. The van der Waals surface area contributed by atoms with E-state index in [1.807, 2.05) is 0 Å². The molecule has 1 nitrogen and oxygen atoms in total. The molecule has 0 saturated carbocycles. The van der Waals surface area contributed by atoms with Gasteiger partial charge in [-0.2, -0.15) is 13.2 Å². The second-order valence-electron chi connectivity index (χ2n) is 4.48. The molecule has 0 spiro atoms. The van der Waals surface area contributed by atoms with E-state index in [4.69, 9.17) is 0 Å². The van der Waals surface area contributed by atoms with Crippen LogP contribution in [0.2, 0.25) is 0 Å². The van der Waals surface area contributed by atoms with Crippen molar-refractivity contribution in [1.82, 2.24) is 0 Å². The lowest BCUT2D eigenvalue weighted by atomic mass is 9.97. The summed E-state index contributed by atoms with van der Waals surface area (Å²) in [7, 11) is 0. The zero-order chi connectivity index (χ0) is 15.8. The summed E-state index contributed by atoms with van der Waals surface area (Å²) in [6.07, 6.45) is -4.53. The zero-order valence-electron chi connectivity index (χ0n) is 10.8. The van der Waals surface area contributed by atoms with E-state index < -0.39 is 23.3 Å². The summed E-state index contributed by atoms with van der Waals surface area (Å²) in [6.45, 7) is 1.53. The van der Waals surface area contributed by atoms with Crippen molar-refractivity contribution in [3.8, 4) is 0 Å². The Kier molecular flexibility index (Phi) is 4.18. The van der Waals surface area contributed by atoms with Crippen molar-refractivity contribution >= 4 is 21.7 Å². The summed E-state index contributed by atoms with van der Waals surface area (Å²) in [5.41, 5.74) is -0.492. The smallest absolute Gasteiger partial charge is 0.289 e. The summed E-state index contributed by atoms with van der Waals surface area (Å²) in [6, 6.07) is 6.37. The fourth-order valence-electron chi connectivity index (χ4n) is 1.90. The molecule has 0 fully saturated rings. The van der Waals surface area contributed by atoms with Gasteiger partial charge in [0.05, 0.1) is 5.56 Å². The Morgan fingerprint density at radius 3 is 2.29 bits per heavy atom. The van der Waals surface area contributed by atoms with Gasteiger partial charge in [0.25, 0.3) is 0 Å². The van der Waals surface area contributed by atoms with Crippen LogP contribution in [-0.4, -0.2) is 5.78 Å². The molecule has 0 saturated heterocycles. The molecule has 2 aromatic rings. The maximum Gasteiger partial charge on any atom is 0.416 e. The van der Waals surface area contributed by atoms with Crippen molar-refractivity contribution in [2.45, 2.75) is 13.1 Å². The molecule has 0 bridgehead atoms. The van der Waals surface area contributed by atoms with Crippen molar-refractivity contribution in [3.05, 3.63) is 68.9 Å². The van der Waals surface area contributed by atoms with E-state index in [-0.39, 0.29) is 15.6 Å². The molecular weight excluding hydrogens is 352 g/mol. The van der Waals surface area contributed by atoms with Gasteiger partial charge in [-0.3, -0.25) is 4.79 Å². The third-order valence-corrected chi connectivity index (χ3v) is 3.66. The summed E-state index contributed by atoms with van der Waals surface area (Å²) in [4.78, 5) is 12.4. The molecule has 2 aromatic carbocycles. The molecule has 0 aliphatic carbocycles. The molecule has 0 aromatic heterocycles. The Morgan fingerprint density at radius 1 is 1.05 bits per heavy atom. The van der Waals surface area contributed by atoms with Crippen LogP contribution in [0.4, 0.5) is 17.6 Å². The highest BCUT2D eigenvalue weighted by atomic mass is 79.9. The monoisotopic (exact) mass is 360 g/mol. The van der Waals surface area contributed by atoms with Crippen LogP contribution in [0.1, 0.15) is 27.0 Å². The van der Waals surface area contributed by atoms with Crippen LogP contribution in [0.3, 0.4) is 0 Å². The topological polar surface area (TPSA) is 17.1 Å². The van der Waals surface area contributed by atoms with Crippen molar-refractivity contribution < 1.29 is 22.4 Å². The molecule has 0 aliphatic rings. The average Bonchev–Trinajstić information content (AvgIpc) is 2.37. The number of halogens is 5. The number of hydrogen-bond acceptors (Lipinski definition) is 1. The summed E-state index contributed by atoms with van der Waals surface area (Å²) >= 11 is 3.07. The van der Waals surface area contributed by atoms with E-state index in [9.17, 15) is 22.4 Å². The molecular formula is C15H9BrF4O. The van der Waals surface area contributed by atoms with Crippen molar-refractivity contribution in [3.63, 3.8) is 0 Å². The van der Waals surface area contributed by atoms with Crippen LogP contribution in [0, 0.1) is 12.7 Å². The summed E-state index contributed by atoms with van der Waals surface area (Å²) in [5.74, 6) is -1.10.